The summed E-state index contributed by atoms with van der Waals surface area (Å²) in [7, 11) is 1.19. The van der Waals surface area contributed by atoms with Crippen molar-refractivity contribution in [3.8, 4) is 23.5 Å². The van der Waals surface area contributed by atoms with E-state index in [1.807, 2.05) is 39.0 Å². The second kappa shape index (κ2) is 8.37. The predicted octanol–water partition coefficient (Wildman–Crippen LogP) is 5.30. The number of esters is 1. The van der Waals surface area contributed by atoms with Gasteiger partial charge < -0.3 is 9.84 Å². The highest BCUT2D eigenvalue weighted by atomic mass is 19.1. The third-order valence-electron chi connectivity index (χ3n) is 4.28. The fourth-order valence-corrected chi connectivity index (χ4v) is 2.78. The van der Waals surface area contributed by atoms with E-state index in [0.29, 0.717) is 11.1 Å². The molecule has 2 rings (SSSR count). The summed E-state index contributed by atoms with van der Waals surface area (Å²) in [5.74, 6) is 0.745. The summed E-state index contributed by atoms with van der Waals surface area (Å²) in [5, 5.41) is 10.6. The van der Waals surface area contributed by atoms with Crippen LogP contribution < -0.4 is 0 Å². The Morgan fingerprint density at radius 1 is 1.19 bits per heavy atom. The number of allylic oxidation sites excluding steroid dienone is 2. The number of aryl methyl sites for hydroxylation is 1. The summed E-state index contributed by atoms with van der Waals surface area (Å²) in [6.45, 7) is 5.56. The van der Waals surface area contributed by atoms with Gasteiger partial charge in [0, 0.05) is 5.56 Å². The molecule has 0 saturated carbocycles. The Bertz CT molecular complexity index is 971. The molecule has 0 aliphatic carbocycles. The van der Waals surface area contributed by atoms with E-state index in [1.165, 1.54) is 19.2 Å². The lowest BCUT2D eigenvalue weighted by atomic mass is 9.92. The molecule has 0 saturated heterocycles. The normalized spacial score (nSPS) is 12.2. The van der Waals surface area contributed by atoms with Crippen molar-refractivity contribution < 1.29 is 19.0 Å². The number of terminal acetylenes is 1. The van der Waals surface area contributed by atoms with E-state index in [-0.39, 0.29) is 17.1 Å². The quantitative estimate of drug-likeness (QED) is 0.347. The van der Waals surface area contributed by atoms with Crippen molar-refractivity contribution in [1.29, 1.82) is 0 Å². The molecule has 0 aliphatic rings. The molecule has 0 radical (unpaired) electrons. The molecule has 0 bridgehead atoms. The molecule has 4 heteroatoms. The van der Waals surface area contributed by atoms with Crippen molar-refractivity contribution in [2.75, 3.05) is 7.11 Å². The van der Waals surface area contributed by atoms with Crippen LogP contribution >= 0.6 is 0 Å². The van der Waals surface area contributed by atoms with E-state index < -0.39 is 5.97 Å². The number of benzene rings is 2. The van der Waals surface area contributed by atoms with Crippen molar-refractivity contribution >= 4 is 17.3 Å². The van der Waals surface area contributed by atoms with Crippen LogP contribution in [0.1, 0.15) is 30.5 Å². The molecule has 0 spiro atoms. The first-order valence-electron chi connectivity index (χ1n) is 8.35. The molecule has 1 N–H and O–H groups in total. The fraction of sp³-hybridized carbons (Fsp3) is 0.174. The summed E-state index contributed by atoms with van der Waals surface area (Å²) in [6, 6.07) is 10.0. The van der Waals surface area contributed by atoms with Crippen LogP contribution in [0.4, 0.5) is 4.39 Å². The number of hydrogen-bond donors (Lipinski definition) is 1. The zero-order valence-corrected chi connectivity index (χ0v) is 15.8. The lowest BCUT2D eigenvalue weighted by Gasteiger charge is -2.14. The van der Waals surface area contributed by atoms with E-state index in [2.05, 4.69) is 10.7 Å². The zero-order valence-electron chi connectivity index (χ0n) is 15.8. The molecule has 0 aromatic heterocycles. The van der Waals surface area contributed by atoms with Crippen molar-refractivity contribution in [2.24, 2.45) is 0 Å². The van der Waals surface area contributed by atoms with Crippen molar-refractivity contribution in [3.63, 3.8) is 0 Å². The molecule has 0 aliphatic heterocycles. The number of aliphatic hydroxyl groups is 1. The lowest BCUT2D eigenvalue weighted by Crippen LogP contribution is -2.07. The highest BCUT2D eigenvalue weighted by Crippen LogP contribution is 2.32. The number of carbonyl (C=O) groups is 1. The van der Waals surface area contributed by atoms with Gasteiger partial charge in [-0.25, -0.2) is 9.18 Å². The van der Waals surface area contributed by atoms with E-state index in [1.54, 1.807) is 12.1 Å². The molecular formula is C23H21FO3. The van der Waals surface area contributed by atoms with Crippen LogP contribution in [0.3, 0.4) is 0 Å². The minimum Gasteiger partial charge on any atom is -0.506 e. The summed E-state index contributed by atoms with van der Waals surface area (Å²) in [4.78, 5) is 11.8. The molecule has 2 aromatic carbocycles. The predicted molar refractivity (Wildman–Crippen MR) is 106 cm³/mol. The van der Waals surface area contributed by atoms with Crippen LogP contribution in [0.5, 0.6) is 0 Å². The van der Waals surface area contributed by atoms with Crippen LogP contribution in [-0.2, 0) is 9.53 Å². The average molecular weight is 364 g/mol. The number of methoxy groups -OCH3 is 1. The van der Waals surface area contributed by atoms with Gasteiger partial charge in [-0.1, -0.05) is 24.1 Å². The summed E-state index contributed by atoms with van der Waals surface area (Å²) in [6.07, 6.45) is 7.25. The molecule has 3 nitrogen and oxygen atoms in total. The van der Waals surface area contributed by atoms with Crippen LogP contribution in [0.25, 0.3) is 22.5 Å². The number of ether oxygens (including phenoxy) is 1. The average Bonchev–Trinajstić information content (AvgIpc) is 2.66. The Hall–Kier alpha value is -3.32. The fourth-order valence-electron chi connectivity index (χ4n) is 2.78. The van der Waals surface area contributed by atoms with Crippen LogP contribution in [0, 0.1) is 25.1 Å². The second-order valence-corrected chi connectivity index (χ2v) is 6.11. The standard InChI is InChI=1S/C23H21FO3/c1-6-15(4)21-13-16(17-10-14(3)11-18(24)12-17)8-9-20(21)22(25)19(7-2)23(26)27-5/h2,6,8-13,25H,1,3-5H3/b15-6-,22-19-. The van der Waals surface area contributed by atoms with E-state index >= 15 is 0 Å². The smallest absolute Gasteiger partial charge is 0.350 e. The minimum absolute atomic E-state index is 0.253. The Kier molecular flexibility index (Phi) is 6.20. The highest BCUT2D eigenvalue weighted by molar-refractivity contribution is 6.01. The van der Waals surface area contributed by atoms with E-state index in [4.69, 9.17) is 6.42 Å². The lowest BCUT2D eigenvalue weighted by molar-refractivity contribution is -0.135. The SMILES string of the molecule is C#C/C(C(=O)OC)=C(/O)c1ccc(-c2cc(C)cc(F)c2)cc1/C(C)=C\C. The monoisotopic (exact) mass is 364 g/mol. The van der Waals surface area contributed by atoms with Gasteiger partial charge in [-0.2, -0.15) is 0 Å². The number of aliphatic hydroxyl groups excluding tert-OH is 1. The maximum absolute atomic E-state index is 13.8. The number of carbonyl (C=O) groups excluding carboxylic acids is 1. The molecule has 0 atom stereocenters. The topological polar surface area (TPSA) is 46.5 Å². The van der Waals surface area contributed by atoms with Crippen LogP contribution in [0.15, 0.2) is 48.0 Å². The van der Waals surface area contributed by atoms with Gasteiger partial charge in [-0.05, 0) is 72.9 Å². The number of hydrogen-bond acceptors (Lipinski definition) is 3. The Balaban J connectivity index is 2.73. The maximum Gasteiger partial charge on any atom is 0.350 e. The second-order valence-electron chi connectivity index (χ2n) is 6.11. The van der Waals surface area contributed by atoms with Crippen LogP contribution in [0.2, 0.25) is 0 Å². The summed E-state index contributed by atoms with van der Waals surface area (Å²) < 4.78 is 18.4. The number of halogens is 1. The molecule has 2 aromatic rings. The van der Waals surface area contributed by atoms with Crippen molar-refractivity contribution in [1.82, 2.24) is 0 Å². The van der Waals surface area contributed by atoms with Gasteiger partial charge in [0.15, 0.2) is 5.57 Å². The largest absolute Gasteiger partial charge is 0.506 e. The summed E-state index contributed by atoms with van der Waals surface area (Å²) in [5.41, 5.74) is 4.02. The van der Waals surface area contributed by atoms with Gasteiger partial charge in [0.05, 0.1) is 7.11 Å². The van der Waals surface area contributed by atoms with E-state index in [0.717, 1.165) is 22.3 Å². The molecule has 0 unspecified atom stereocenters. The Labute approximate surface area is 158 Å². The first-order valence-corrected chi connectivity index (χ1v) is 8.35. The zero-order chi connectivity index (χ0) is 20.1. The third-order valence-corrected chi connectivity index (χ3v) is 4.28. The Morgan fingerprint density at radius 3 is 2.44 bits per heavy atom. The first-order chi connectivity index (χ1) is 12.8. The molecule has 0 amide bonds. The Morgan fingerprint density at radius 2 is 1.89 bits per heavy atom. The van der Waals surface area contributed by atoms with Gasteiger partial charge in [0.1, 0.15) is 11.6 Å². The van der Waals surface area contributed by atoms with Crippen LogP contribution in [-0.4, -0.2) is 18.2 Å². The van der Waals surface area contributed by atoms with Crippen molar-refractivity contribution in [3.05, 3.63) is 70.6 Å². The van der Waals surface area contributed by atoms with E-state index in [9.17, 15) is 14.3 Å². The van der Waals surface area contributed by atoms with Gasteiger partial charge in [-0.3, -0.25) is 0 Å². The third kappa shape index (κ3) is 4.27. The van der Waals surface area contributed by atoms with Gasteiger partial charge >= 0.3 is 5.97 Å². The van der Waals surface area contributed by atoms with Gasteiger partial charge in [-0.15, -0.1) is 6.42 Å². The maximum atomic E-state index is 13.8. The highest BCUT2D eigenvalue weighted by Gasteiger charge is 2.19. The summed E-state index contributed by atoms with van der Waals surface area (Å²) >= 11 is 0. The minimum atomic E-state index is -0.788. The van der Waals surface area contributed by atoms with Crippen molar-refractivity contribution in [2.45, 2.75) is 20.8 Å². The molecule has 138 valence electrons. The molecular weight excluding hydrogens is 343 g/mol. The first kappa shape index (κ1) is 20.0. The van der Waals surface area contributed by atoms with Gasteiger partial charge in [0.25, 0.3) is 0 Å². The molecule has 0 fully saturated rings. The molecule has 27 heavy (non-hydrogen) atoms. The number of rotatable bonds is 4. The molecule has 0 heterocycles. The van der Waals surface area contributed by atoms with Gasteiger partial charge in [0.2, 0.25) is 0 Å².